The summed E-state index contributed by atoms with van der Waals surface area (Å²) in [7, 11) is 0. The van der Waals surface area contributed by atoms with Crippen molar-refractivity contribution in [3.63, 3.8) is 0 Å². The molecule has 2 aromatic rings. The first-order valence-electron chi connectivity index (χ1n) is 5.41. The Hall–Kier alpha value is -1.03. The molecule has 0 atom stereocenters. The Morgan fingerprint density at radius 1 is 1.35 bits per heavy atom. The molecule has 0 spiro atoms. The van der Waals surface area contributed by atoms with Crippen molar-refractivity contribution >= 4 is 23.2 Å². The van der Waals surface area contributed by atoms with E-state index >= 15 is 0 Å². The van der Waals surface area contributed by atoms with Crippen LogP contribution in [0, 0.1) is 0 Å². The molecule has 0 radical (unpaired) electrons. The second-order valence-electron chi connectivity index (χ2n) is 3.63. The van der Waals surface area contributed by atoms with Gasteiger partial charge < -0.3 is 5.32 Å². The first-order valence-corrected chi connectivity index (χ1v) is 6.16. The quantitative estimate of drug-likeness (QED) is 0.923. The second-order valence-corrected chi connectivity index (χ2v) is 4.47. The van der Waals surface area contributed by atoms with E-state index in [1.165, 1.54) is 0 Å². The highest BCUT2D eigenvalue weighted by Gasteiger charge is 2.09. The molecule has 90 valence electrons. The molecule has 0 saturated carbocycles. The molecule has 1 aromatic heterocycles. The number of nitrogens with one attached hydrogen (secondary N) is 1. The van der Waals surface area contributed by atoms with Gasteiger partial charge in [0, 0.05) is 12.7 Å². The van der Waals surface area contributed by atoms with Crippen LogP contribution in [-0.4, -0.2) is 16.3 Å². The highest BCUT2D eigenvalue weighted by molar-refractivity contribution is 6.32. The Morgan fingerprint density at radius 3 is 2.82 bits per heavy atom. The summed E-state index contributed by atoms with van der Waals surface area (Å²) in [4.78, 5) is 0. The van der Waals surface area contributed by atoms with Gasteiger partial charge in [-0.3, -0.25) is 0 Å². The largest absolute Gasteiger partial charge is 0.313 e. The molecule has 5 heteroatoms. The SMILES string of the molecule is CCNCc1cccc(Cl)c1-n1cc(Cl)cn1. The van der Waals surface area contributed by atoms with Gasteiger partial charge in [-0.1, -0.05) is 42.3 Å². The number of nitrogens with zero attached hydrogens (tertiary/aromatic N) is 2. The molecule has 17 heavy (non-hydrogen) atoms. The summed E-state index contributed by atoms with van der Waals surface area (Å²) in [6.45, 7) is 3.73. The van der Waals surface area contributed by atoms with Crippen molar-refractivity contribution in [3.8, 4) is 5.69 Å². The zero-order valence-corrected chi connectivity index (χ0v) is 11.0. The van der Waals surface area contributed by atoms with Crippen LogP contribution in [0.4, 0.5) is 0 Å². The molecular formula is C12H13Cl2N3. The van der Waals surface area contributed by atoms with Crippen molar-refractivity contribution in [1.29, 1.82) is 0 Å². The lowest BCUT2D eigenvalue weighted by Gasteiger charge is -2.11. The monoisotopic (exact) mass is 269 g/mol. The van der Waals surface area contributed by atoms with Crippen molar-refractivity contribution in [2.75, 3.05) is 6.54 Å². The smallest absolute Gasteiger partial charge is 0.0877 e. The fourth-order valence-electron chi connectivity index (χ4n) is 1.64. The van der Waals surface area contributed by atoms with E-state index < -0.39 is 0 Å². The van der Waals surface area contributed by atoms with Crippen molar-refractivity contribution in [3.05, 3.63) is 46.2 Å². The number of hydrogen-bond acceptors (Lipinski definition) is 2. The van der Waals surface area contributed by atoms with Gasteiger partial charge in [-0.05, 0) is 18.2 Å². The molecule has 0 aliphatic heterocycles. The molecule has 0 saturated heterocycles. The van der Waals surface area contributed by atoms with E-state index in [-0.39, 0.29) is 0 Å². The molecule has 1 N–H and O–H groups in total. The van der Waals surface area contributed by atoms with Crippen LogP contribution in [-0.2, 0) is 6.54 Å². The van der Waals surface area contributed by atoms with Gasteiger partial charge >= 0.3 is 0 Å². The zero-order valence-electron chi connectivity index (χ0n) is 9.45. The zero-order chi connectivity index (χ0) is 12.3. The van der Waals surface area contributed by atoms with Crippen LogP contribution in [0.25, 0.3) is 5.69 Å². The molecule has 2 rings (SSSR count). The summed E-state index contributed by atoms with van der Waals surface area (Å²) in [5.74, 6) is 0. The van der Waals surface area contributed by atoms with Gasteiger partial charge in [-0.15, -0.1) is 0 Å². The number of rotatable bonds is 4. The topological polar surface area (TPSA) is 29.9 Å². The minimum atomic E-state index is 0.597. The fourth-order valence-corrected chi connectivity index (χ4v) is 2.06. The number of para-hydroxylation sites is 1. The average Bonchev–Trinajstić information content (AvgIpc) is 2.73. The summed E-state index contributed by atoms with van der Waals surface area (Å²) in [5, 5.41) is 8.73. The lowest BCUT2D eigenvalue weighted by Crippen LogP contribution is -2.14. The third-order valence-corrected chi connectivity index (χ3v) is 2.92. The maximum Gasteiger partial charge on any atom is 0.0877 e. The van der Waals surface area contributed by atoms with E-state index in [4.69, 9.17) is 23.2 Å². The van der Waals surface area contributed by atoms with E-state index in [0.29, 0.717) is 10.0 Å². The van der Waals surface area contributed by atoms with E-state index in [2.05, 4.69) is 17.3 Å². The normalized spacial score (nSPS) is 10.8. The summed E-state index contributed by atoms with van der Waals surface area (Å²) in [6, 6.07) is 5.81. The summed E-state index contributed by atoms with van der Waals surface area (Å²) >= 11 is 12.1. The Morgan fingerprint density at radius 2 is 2.18 bits per heavy atom. The molecule has 3 nitrogen and oxygen atoms in total. The predicted molar refractivity (Wildman–Crippen MR) is 71.0 cm³/mol. The Labute approximate surface area is 110 Å². The van der Waals surface area contributed by atoms with Crippen molar-refractivity contribution in [2.45, 2.75) is 13.5 Å². The van der Waals surface area contributed by atoms with Crippen LogP contribution >= 0.6 is 23.2 Å². The molecular weight excluding hydrogens is 257 g/mol. The third kappa shape index (κ3) is 2.80. The predicted octanol–water partition coefficient (Wildman–Crippen LogP) is 3.29. The van der Waals surface area contributed by atoms with Gasteiger partial charge in [0.15, 0.2) is 0 Å². The van der Waals surface area contributed by atoms with Crippen molar-refractivity contribution in [1.82, 2.24) is 15.1 Å². The fraction of sp³-hybridized carbons (Fsp3) is 0.250. The van der Waals surface area contributed by atoms with Crippen LogP contribution in [0.15, 0.2) is 30.6 Å². The van der Waals surface area contributed by atoms with Crippen molar-refractivity contribution in [2.24, 2.45) is 0 Å². The standard InChI is InChI=1S/C12H13Cl2N3/c1-2-15-6-9-4-3-5-11(14)12(9)17-8-10(13)7-16-17/h3-5,7-8,15H,2,6H2,1H3. The van der Waals surface area contributed by atoms with E-state index in [9.17, 15) is 0 Å². The van der Waals surface area contributed by atoms with Gasteiger partial charge in [0.05, 0.1) is 21.9 Å². The van der Waals surface area contributed by atoms with Crippen LogP contribution in [0.1, 0.15) is 12.5 Å². The van der Waals surface area contributed by atoms with E-state index in [0.717, 1.165) is 24.3 Å². The van der Waals surface area contributed by atoms with Crippen LogP contribution in [0.2, 0.25) is 10.0 Å². The van der Waals surface area contributed by atoms with Gasteiger partial charge in [0.1, 0.15) is 0 Å². The van der Waals surface area contributed by atoms with Crippen molar-refractivity contribution < 1.29 is 0 Å². The van der Waals surface area contributed by atoms with E-state index in [1.807, 2.05) is 18.2 Å². The van der Waals surface area contributed by atoms with Gasteiger partial charge in [-0.2, -0.15) is 5.10 Å². The highest BCUT2D eigenvalue weighted by Crippen LogP contribution is 2.25. The van der Waals surface area contributed by atoms with Crippen LogP contribution < -0.4 is 5.32 Å². The number of hydrogen-bond donors (Lipinski definition) is 1. The summed E-state index contributed by atoms with van der Waals surface area (Å²) in [6.07, 6.45) is 3.35. The Balaban J connectivity index is 2.43. The molecule has 0 aliphatic carbocycles. The maximum absolute atomic E-state index is 6.22. The van der Waals surface area contributed by atoms with Gasteiger partial charge in [0.25, 0.3) is 0 Å². The number of aromatic nitrogens is 2. The maximum atomic E-state index is 6.22. The molecule has 1 heterocycles. The highest BCUT2D eigenvalue weighted by atomic mass is 35.5. The summed E-state index contributed by atoms with van der Waals surface area (Å²) in [5.41, 5.74) is 1.97. The first-order chi connectivity index (χ1) is 8.22. The third-order valence-electron chi connectivity index (χ3n) is 2.42. The minimum Gasteiger partial charge on any atom is -0.313 e. The molecule has 1 aromatic carbocycles. The van der Waals surface area contributed by atoms with E-state index in [1.54, 1.807) is 17.1 Å². The van der Waals surface area contributed by atoms with Gasteiger partial charge in [0.2, 0.25) is 0 Å². The molecule has 0 unspecified atom stereocenters. The molecule has 0 aliphatic rings. The lowest BCUT2D eigenvalue weighted by molar-refractivity contribution is 0.717. The average molecular weight is 270 g/mol. The van der Waals surface area contributed by atoms with Crippen LogP contribution in [0.5, 0.6) is 0 Å². The molecule has 0 fully saturated rings. The number of benzene rings is 1. The molecule has 0 amide bonds. The lowest BCUT2D eigenvalue weighted by atomic mass is 10.1. The number of halogens is 2. The molecule has 0 bridgehead atoms. The van der Waals surface area contributed by atoms with Crippen LogP contribution in [0.3, 0.4) is 0 Å². The van der Waals surface area contributed by atoms with Gasteiger partial charge in [-0.25, -0.2) is 4.68 Å². The minimum absolute atomic E-state index is 0.597. The second kappa shape index (κ2) is 5.54. The Bertz CT molecular complexity index is 508. The first kappa shape index (κ1) is 12.4. The Kier molecular flexibility index (Phi) is 4.05. The summed E-state index contributed by atoms with van der Waals surface area (Å²) < 4.78 is 1.71.